The second-order valence-corrected chi connectivity index (χ2v) is 4.33. The summed E-state index contributed by atoms with van der Waals surface area (Å²) in [6.45, 7) is 2.21. The maximum Gasteiger partial charge on any atom is 0.254 e. The van der Waals surface area contributed by atoms with Gasteiger partial charge in [0.2, 0.25) is 0 Å². The van der Waals surface area contributed by atoms with Gasteiger partial charge >= 0.3 is 0 Å². The second-order valence-electron chi connectivity index (χ2n) is 3.98. The lowest BCUT2D eigenvalue weighted by Crippen LogP contribution is -2.24. The Kier molecular flexibility index (Phi) is 4.06. The summed E-state index contributed by atoms with van der Waals surface area (Å²) in [5.74, 6) is -1.07. The quantitative estimate of drug-likeness (QED) is 0.879. The van der Waals surface area contributed by atoms with Gasteiger partial charge in [0.05, 0.1) is 11.8 Å². The largest absolute Gasteiger partial charge is 0.348 e. The summed E-state index contributed by atoms with van der Waals surface area (Å²) < 4.78 is 13.0. The zero-order valence-corrected chi connectivity index (χ0v) is 10.9. The molecule has 2 aromatic rings. The minimum absolute atomic E-state index is 0.0216. The van der Waals surface area contributed by atoms with Gasteiger partial charge in [-0.1, -0.05) is 11.6 Å². The SMILES string of the molecule is Cc1cnccc1CNC(=O)c1cc(F)cnc1Cl. The van der Waals surface area contributed by atoms with E-state index >= 15 is 0 Å². The average Bonchev–Trinajstić information content (AvgIpc) is 2.40. The highest BCUT2D eigenvalue weighted by Crippen LogP contribution is 2.14. The first-order valence-corrected chi connectivity index (χ1v) is 5.94. The third-order valence-corrected chi connectivity index (χ3v) is 2.93. The van der Waals surface area contributed by atoms with Crippen molar-refractivity contribution in [2.45, 2.75) is 13.5 Å². The number of pyridine rings is 2. The van der Waals surface area contributed by atoms with Gasteiger partial charge in [0, 0.05) is 18.9 Å². The maximum atomic E-state index is 13.0. The van der Waals surface area contributed by atoms with E-state index in [4.69, 9.17) is 11.6 Å². The van der Waals surface area contributed by atoms with Gasteiger partial charge in [-0.25, -0.2) is 9.37 Å². The lowest BCUT2D eigenvalue weighted by atomic mass is 10.1. The van der Waals surface area contributed by atoms with Crippen molar-refractivity contribution in [3.05, 3.63) is 58.4 Å². The van der Waals surface area contributed by atoms with Crippen molar-refractivity contribution in [2.24, 2.45) is 0 Å². The van der Waals surface area contributed by atoms with Crippen molar-refractivity contribution in [2.75, 3.05) is 0 Å². The van der Waals surface area contributed by atoms with Crippen LogP contribution in [0.2, 0.25) is 5.15 Å². The molecule has 19 heavy (non-hydrogen) atoms. The van der Waals surface area contributed by atoms with E-state index in [2.05, 4.69) is 15.3 Å². The standard InChI is InChI=1S/C13H11ClFN3O/c1-8-5-16-3-2-9(8)6-18-13(19)11-4-10(15)7-17-12(11)14/h2-5,7H,6H2,1H3,(H,18,19). The van der Waals surface area contributed by atoms with E-state index in [0.29, 0.717) is 6.54 Å². The summed E-state index contributed by atoms with van der Waals surface area (Å²) >= 11 is 5.76. The molecule has 0 radical (unpaired) electrons. The molecule has 6 heteroatoms. The molecule has 0 saturated carbocycles. The Bertz CT molecular complexity index is 619. The highest BCUT2D eigenvalue weighted by Gasteiger charge is 2.12. The maximum absolute atomic E-state index is 13.0. The van der Waals surface area contributed by atoms with Gasteiger partial charge < -0.3 is 5.32 Å². The van der Waals surface area contributed by atoms with Crippen LogP contribution in [0.1, 0.15) is 21.5 Å². The van der Waals surface area contributed by atoms with E-state index in [9.17, 15) is 9.18 Å². The Morgan fingerprint density at radius 3 is 3.00 bits per heavy atom. The first-order valence-electron chi connectivity index (χ1n) is 5.56. The summed E-state index contributed by atoms with van der Waals surface area (Å²) in [6, 6.07) is 2.87. The minimum Gasteiger partial charge on any atom is -0.348 e. The lowest BCUT2D eigenvalue weighted by molar-refractivity contribution is 0.0950. The molecule has 1 N–H and O–H groups in total. The number of hydrogen-bond donors (Lipinski definition) is 1. The molecule has 0 spiro atoms. The molecule has 0 aromatic carbocycles. The zero-order valence-electron chi connectivity index (χ0n) is 10.2. The molecular formula is C13H11ClFN3O. The molecule has 2 heterocycles. The average molecular weight is 280 g/mol. The highest BCUT2D eigenvalue weighted by atomic mass is 35.5. The molecule has 0 atom stereocenters. The predicted molar refractivity (Wildman–Crippen MR) is 69.3 cm³/mol. The van der Waals surface area contributed by atoms with Crippen LogP contribution in [0.3, 0.4) is 0 Å². The third kappa shape index (κ3) is 3.26. The number of carbonyl (C=O) groups is 1. The lowest BCUT2D eigenvalue weighted by Gasteiger charge is -2.08. The number of nitrogens with one attached hydrogen (secondary N) is 1. The third-order valence-electron chi connectivity index (χ3n) is 2.63. The van der Waals surface area contributed by atoms with Gasteiger partial charge in [-0.05, 0) is 30.2 Å². The van der Waals surface area contributed by atoms with Crippen LogP contribution in [0.5, 0.6) is 0 Å². The molecular weight excluding hydrogens is 269 g/mol. The van der Waals surface area contributed by atoms with Crippen molar-refractivity contribution >= 4 is 17.5 Å². The molecule has 2 aromatic heterocycles. The molecule has 0 aliphatic rings. The summed E-state index contributed by atoms with van der Waals surface area (Å²) in [5.41, 5.74) is 1.92. The summed E-state index contributed by atoms with van der Waals surface area (Å²) in [5, 5.41) is 2.64. The smallest absolute Gasteiger partial charge is 0.254 e. The number of nitrogens with zero attached hydrogens (tertiary/aromatic N) is 2. The van der Waals surface area contributed by atoms with Gasteiger partial charge in [0.1, 0.15) is 11.0 Å². The first-order chi connectivity index (χ1) is 9.08. The van der Waals surface area contributed by atoms with Crippen LogP contribution < -0.4 is 5.32 Å². The Labute approximate surface area is 114 Å². The van der Waals surface area contributed by atoms with E-state index in [-0.39, 0.29) is 10.7 Å². The summed E-state index contributed by atoms with van der Waals surface area (Å²) in [7, 11) is 0. The molecule has 0 aliphatic heterocycles. The van der Waals surface area contributed by atoms with E-state index in [1.54, 1.807) is 18.5 Å². The van der Waals surface area contributed by atoms with Crippen LogP contribution >= 0.6 is 11.6 Å². The normalized spacial score (nSPS) is 10.3. The number of amides is 1. The molecule has 0 fully saturated rings. The monoisotopic (exact) mass is 279 g/mol. The summed E-state index contributed by atoms with van der Waals surface area (Å²) in [6.07, 6.45) is 4.32. The highest BCUT2D eigenvalue weighted by molar-refractivity contribution is 6.32. The van der Waals surface area contributed by atoms with E-state index < -0.39 is 11.7 Å². The van der Waals surface area contributed by atoms with Gasteiger partial charge in [0.15, 0.2) is 0 Å². The van der Waals surface area contributed by atoms with E-state index in [1.165, 1.54) is 0 Å². The van der Waals surface area contributed by atoms with Crippen molar-refractivity contribution in [1.29, 1.82) is 0 Å². The molecule has 2 rings (SSSR count). The molecule has 98 valence electrons. The van der Waals surface area contributed by atoms with Crippen LogP contribution in [0.25, 0.3) is 0 Å². The molecule has 0 unspecified atom stereocenters. The van der Waals surface area contributed by atoms with Gasteiger partial charge in [0.25, 0.3) is 5.91 Å². The van der Waals surface area contributed by atoms with Gasteiger partial charge in [-0.15, -0.1) is 0 Å². The van der Waals surface area contributed by atoms with E-state index in [0.717, 1.165) is 23.4 Å². The van der Waals surface area contributed by atoms with Gasteiger partial charge in [-0.2, -0.15) is 0 Å². The number of halogens is 2. The number of hydrogen-bond acceptors (Lipinski definition) is 3. The van der Waals surface area contributed by atoms with Crippen molar-refractivity contribution in [3.63, 3.8) is 0 Å². The van der Waals surface area contributed by atoms with Crippen molar-refractivity contribution < 1.29 is 9.18 Å². The molecule has 0 bridgehead atoms. The number of rotatable bonds is 3. The Hall–Kier alpha value is -2.01. The predicted octanol–water partition coefficient (Wildman–Crippen LogP) is 2.51. The zero-order chi connectivity index (χ0) is 13.8. The first kappa shape index (κ1) is 13.4. The fourth-order valence-corrected chi connectivity index (χ4v) is 1.74. The van der Waals surface area contributed by atoms with Crippen LogP contribution in [0, 0.1) is 12.7 Å². The van der Waals surface area contributed by atoms with E-state index in [1.807, 2.05) is 6.92 Å². The number of carbonyl (C=O) groups excluding carboxylic acids is 1. The summed E-state index contributed by atoms with van der Waals surface area (Å²) in [4.78, 5) is 19.4. The van der Waals surface area contributed by atoms with Crippen molar-refractivity contribution in [1.82, 2.24) is 15.3 Å². The molecule has 0 saturated heterocycles. The van der Waals surface area contributed by atoms with Gasteiger partial charge in [-0.3, -0.25) is 9.78 Å². The number of aromatic nitrogens is 2. The van der Waals surface area contributed by atoms with Crippen LogP contribution in [0.15, 0.2) is 30.7 Å². The topological polar surface area (TPSA) is 54.9 Å². The molecule has 1 amide bonds. The Balaban J connectivity index is 2.10. The molecule has 0 aliphatic carbocycles. The Morgan fingerprint density at radius 2 is 2.26 bits per heavy atom. The second kappa shape index (κ2) is 5.75. The fraction of sp³-hybridized carbons (Fsp3) is 0.154. The molecule has 4 nitrogen and oxygen atoms in total. The number of aryl methyl sites for hydroxylation is 1. The van der Waals surface area contributed by atoms with Crippen LogP contribution in [-0.4, -0.2) is 15.9 Å². The Morgan fingerprint density at radius 1 is 1.47 bits per heavy atom. The van der Waals surface area contributed by atoms with Crippen molar-refractivity contribution in [3.8, 4) is 0 Å². The van der Waals surface area contributed by atoms with Crippen LogP contribution in [-0.2, 0) is 6.54 Å². The minimum atomic E-state index is -0.602. The van der Waals surface area contributed by atoms with Crippen LogP contribution in [0.4, 0.5) is 4.39 Å². The fourth-order valence-electron chi connectivity index (χ4n) is 1.55.